The van der Waals surface area contributed by atoms with Gasteiger partial charge in [0.25, 0.3) is 0 Å². The Morgan fingerprint density at radius 2 is 2.12 bits per heavy atom. The zero-order valence-corrected chi connectivity index (χ0v) is 10.2. The van der Waals surface area contributed by atoms with Gasteiger partial charge in [0.2, 0.25) is 0 Å². The summed E-state index contributed by atoms with van der Waals surface area (Å²) >= 11 is 0. The Morgan fingerprint density at radius 1 is 1.29 bits per heavy atom. The molecule has 2 aromatic rings. The number of hydrogen-bond acceptors (Lipinski definition) is 3. The van der Waals surface area contributed by atoms with E-state index >= 15 is 0 Å². The molecule has 0 spiro atoms. The molecule has 0 bridgehead atoms. The van der Waals surface area contributed by atoms with Crippen molar-refractivity contribution in [1.82, 2.24) is 4.98 Å². The van der Waals surface area contributed by atoms with Crippen molar-refractivity contribution in [2.45, 2.75) is 20.0 Å². The number of ether oxygens (including phenoxy) is 1. The second kappa shape index (κ2) is 5.25. The van der Waals surface area contributed by atoms with Crippen LogP contribution in [0.25, 0.3) is 10.9 Å². The highest BCUT2D eigenvalue weighted by Gasteiger charge is 2.08. The van der Waals surface area contributed by atoms with E-state index in [1.165, 1.54) is 0 Å². The summed E-state index contributed by atoms with van der Waals surface area (Å²) in [5.74, 6) is 0. The second-order valence-electron chi connectivity index (χ2n) is 4.08. The van der Waals surface area contributed by atoms with Crippen LogP contribution in [0.2, 0.25) is 0 Å². The lowest BCUT2D eigenvalue weighted by atomic mass is 10.1. The Kier molecular flexibility index (Phi) is 3.71. The fourth-order valence-corrected chi connectivity index (χ4v) is 1.78. The van der Waals surface area contributed by atoms with Crippen molar-refractivity contribution in [2.24, 2.45) is 0 Å². The molecule has 1 unspecified atom stereocenters. The third-order valence-corrected chi connectivity index (χ3v) is 2.72. The third-order valence-electron chi connectivity index (χ3n) is 2.72. The number of pyridine rings is 1. The summed E-state index contributed by atoms with van der Waals surface area (Å²) in [7, 11) is 0. The molecule has 90 valence electrons. The van der Waals surface area contributed by atoms with E-state index < -0.39 is 6.10 Å². The zero-order valence-electron chi connectivity index (χ0n) is 10.2. The molecule has 0 fully saturated rings. The molecule has 1 aromatic carbocycles. The summed E-state index contributed by atoms with van der Waals surface area (Å²) < 4.78 is 5.22. The number of aliphatic hydroxyl groups is 1. The van der Waals surface area contributed by atoms with Crippen molar-refractivity contribution in [3.8, 4) is 0 Å². The summed E-state index contributed by atoms with van der Waals surface area (Å²) in [6.45, 7) is 4.84. The first-order valence-corrected chi connectivity index (χ1v) is 5.84. The molecular formula is C14H17NO2. The lowest BCUT2D eigenvalue weighted by Crippen LogP contribution is -2.06. The Labute approximate surface area is 101 Å². The maximum absolute atomic E-state index is 9.92. The third kappa shape index (κ3) is 2.81. The van der Waals surface area contributed by atoms with Gasteiger partial charge in [-0.05, 0) is 37.6 Å². The minimum absolute atomic E-state index is 0.335. The number of aliphatic hydroxyl groups excluding tert-OH is 1. The zero-order chi connectivity index (χ0) is 12.3. The smallest absolute Gasteiger partial charge is 0.102 e. The molecule has 0 aliphatic heterocycles. The van der Waals surface area contributed by atoms with Crippen molar-refractivity contribution in [1.29, 1.82) is 0 Å². The van der Waals surface area contributed by atoms with E-state index in [4.69, 9.17) is 4.74 Å². The molecule has 1 atom stereocenters. The minimum atomic E-state index is -0.569. The molecular weight excluding hydrogens is 214 g/mol. The second-order valence-corrected chi connectivity index (χ2v) is 4.08. The van der Waals surface area contributed by atoms with Gasteiger partial charge in [0, 0.05) is 17.7 Å². The van der Waals surface area contributed by atoms with E-state index in [0.717, 1.165) is 22.2 Å². The van der Waals surface area contributed by atoms with Crippen molar-refractivity contribution in [3.63, 3.8) is 0 Å². The number of hydrogen-bond donors (Lipinski definition) is 1. The van der Waals surface area contributed by atoms with E-state index in [9.17, 15) is 5.11 Å². The predicted octanol–water partition coefficient (Wildman–Crippen LogP) is 2.61. The molecule has 2 rings (SSSR count). The highest BCUT2D eigenvalue weighted by atomic mass is 16.5. The summed E-state index contributed by atoms with van der Waals surface area (Å²) in [6, 6.07) is 9.80. The Bertz CT molecular complexity index is 511. The molecule has 0 amide bonds. The molecule has 3 nitrogen and oxygen atoms in total. The van der Waals surface area contributed by atoms with E-state index in [0.29, 0.717) is 13.2 Å². The van der Waals surface area contributed by atoms with Gasteiger partial charge in [-0.1, -0.05) is 12.1 Å². The van der Waals surface area contributed by atoms with Gasteiger partial charge in [0.1, 0.15) is 6.10 Å². The first-order valence-electron chi connectivity index (χ1n) is 5.84. The topological polar surface area (TPSA) is 42.4 Å². The molecule has 1 heterocycles. The lowest BCUT2D eigenvalue weighted by molar-refractivity contribution is 0.0421. The highest BCUT2D eigenvalue weighted by Crippen LogP contribution is 2.19. The van der Waals surface area contributed by atoms with Crippen LogP contribution < -0.4 is 0 Å². The standard InChI is InChI=1S/C14H17NO2/c1-3-17-9-14(16)12-6-7-13-11(8-12)5-4-10(2)15-13/h4-8,14,16H,3,9H2,1-2H3. The molecule has 0 radical (unpaired) electrons. The van der Waals surface area contributed by atoms with Crippen molar-refractivity contribution in [2.75, 3.05) is 13.2 Å². The van der Waals surface area contributed by atoms with Gasteiger partial charge in [0.15, 0.2) is 0 Å². The van der Waals surface area contributed by atoms with Crippen LogP contribution >= 0.6 is 0 Å². The van der Waals surface area contributed by atoms with Crippen LogP contribution in [0.4, 0.5) is 0 Å². The maximum Gasteiger partial charge on any atom is 0.102 e. The van der Waals surface area contributed by atoms with Gasteiger partial charge in [-0.2, -0.15) is 0 Å². The first kappa shape index (κ1) is 12.0. The van der Waals surface area contributed by atoms with Crippen LogP contribution in [0, 0.1) is 6.92 Å². The fourth-order valence-electron chi connectivity index (χ4n) is 1.78. The van der Waals surface area contributed by atoms with Gasteiger partial charge in [-0.3, -0.25) is 4.98 Å². The Balaban J connectivity index is 2.28. The number of aromatic nitrogens is 1. The van der Waals surface area contributed by atoms with E-state index in [2.05, 4.69) is 4.98 Å². The van der Waals surface area contributed by atoms with Gasteiger partial charge >= 0.3 is 0 Å². The van der Waals surface area contributed by atoms with Crippen molar-refractivity contribution in [3.05, 3.63) is 41.6 Å². The van der Waals surface area contributed by atoms with Crippen LogP contribution in [0.15, 0.2) is 30.3 Å². The molecule has 0 saturated carbocycles. The van der Waals surface area contributed by atoms with Crippen LogP contribution in [-0.4, -0.2) is 23.3 Å². The average Bonchev–Trinajstić information content (AvgIpc) is 2.35. The molecule has 17 heavy (non-hydrogen) atoms. The van der Waals surface area contributed by atoms with Crippen LogP contribution in [-0.2, 0) is 4.74 Å². The van der Waals surface area contributed by atoms with Crippen molar-refractivity contribution >= 4 is 10.9 Å². The Morgan fingerprint density at radius 3 is 2.88 bits per heavy atom. The Hall–Kier alpha value is -1.45. The quantitative estimate of drug-likeness (QED) is 0.879. The monoisotopic (exact) mass is 231 g/mol. The minimum Gasteiger partial charge on any atom is -0.386 e. The maximum atomic E-state index is 9.92. The van der Waals surface area contributed by atoms with Gasteiger partial charge in [-0.15, -0.1) is 0 Å². The molecule has 3 heteroatoms. The highest BCUT2D eigenvalue weighted by molar-refractivity contribution is 5.79. The predicted molar refractivity (Wildman–Crippen MR) is 67.9 cm³/mol. The van der Waals surface area contributed by atoms with Crippen LogP contribution in [0.1, 0.15) is 24.3 Å². The summed E-state index contributed by atoms with van der Waals surface area (Å²) in [4.78, 5) is 4.43. The number of fused-ring (bicyclic) bond motifs is 1. The summed E-state index contributed by atoms with van der Waals surface area (Å²) in [5.41, 5.74) is 2.83. The van der Waals surface area contributed by atoms with Crippen LogP contribution in [0.3, 0.4) is 0 Å². The van der Waals surface area contributed by atoms with Gasteiger partial charge in [-0.25, -0.2) is 0 Å². The van der Waals surface area contributed by atoms with Gasteiger partial charge in [0.05, 0.1) is 12.1 Å². The van der Waals surface area contributed by atoms with E-state index in [-0.39, 0.29) is 0 Å². The molecule has 0 aliphatic rings. The van der Waals surface area contributed by atoms with Gasteiger partial charge < -0.3 is 9.84 Å². The summed E-state index contributed by atoms with van der Waals surface area (Å²) in [5, 5.41) is 11.0. The summed E-state index contributed by atoms with van der Waals surface area (Å²) in [6.07, 6.45) is -0.569. The van der Waals surface area contributed by atoms with Crippen molar-refractivity contribution < 1.29 is 9.84 Å². The number of nitrogens with zero attached hydrogens (tertiary/aromatic N) is 1. The molecule has 1 aromatic heterocycles. The molecule has 0 saturated heterocycles. The average molecular weight is 231 g/mol. The fraction of sp³-hybridized carbons (Fsp3) is 0.357. The number of aryl methyl sites for hydroxylation is 1. The number of rotatable bonds is 4. The van der Waals surface area contributed by atoms with E-state index in [1.54, 1.807) is 0 Å². The lowest BCUT2D eigenvalue weighted by Gasteiger charge is -2.11. The van der Waals surface area contributed by atoms with Crippen LogP contribution in [0.5, 0.6) is 0 Å². The number of benzene rings is 1. The SMILES string of the molecule is CCOCC(O)c1ccc2nc(C)ccc2c1. The largest absolute Gasteiger partial charge is 0.386 e. The van der Waals surface area contributed by atoms with E-state index in [1.807, 2.05) is 44.2 Å². The molecule has 0 aliphatic carbocycles. The normalized spacial score (nSPS) is 12.9. The molecule has 1 N–H and O–H groups in total. The first-order chi connectivity index (χ1) is 8.20.